The lowest BCUT2D eigenvalue weighted by atomic mass is 10.1. The number of hydrogen-bond donors (Lipinski definition) is 1. The first-order valence-electron chi connectivity index (χ1n) is 7.92. The highest BCUT2D eigenvalue weighted by Crippen LogP contribution is 2.26. The van der Waals surface area contributed by atoms with Gasteiger partial charge in [0.1, 0.15) is 0 Å². The number of hydrogen-bond acceptors (Lipinski definition) is 5. The highest BCUT2D eigenvalue weighted by Gasteiger charge is 2.26. The predicted octanol–water partition coefficient (Wildman–Crippen LogP) is 2.25. The predicted molar refractivity (Wildman–Crippen MR) is 83.2 cm³/mol. The van der Waals surface area contributed by atoms with Crippen molar-refractivity contribution in [2.45, 2.75) is 38.3 Å². The molecule has 1 aromatic heterocycles. The van der Waals surface area contributed by atoms with Crippen LogP contribution >= 0.6 is 0 Å². The fourth-order valence-electron chi connectivity index (χ4n) is 3.13. The first-order chi connectivity index (χ1) is 10.7. The quantitative estimate of drug-likeness (QED) is 0.886. The Labute approximate surface area is 131 Å². The van der Waals surface area contributed by atoms with Crippen LogP contribution in [0, 0.1) is 5.92 Å². The van der Waals surface area contributed by atoms with Crippen molar-refractivity contribution in [3.63, 3.8) is 0 Å². The van der Waals surface area contributed by atoms with Crippen LogP contribution in [-0.4, -0.2) is 39.8 Å². The molecule has 1 N–H and O–H groups in total. The van der Waals surface area contributed by atoms with Gasteiger partial charge in [0.05, 0.1) is 19.1 Å². The molecule has 1 heterocycles. The van der Waals surface area contributed by atoms with Crippen LogP contribution in [0.25, 0.3) is 0 Å². The van der Waals surface area contributed by atoms with Crippen LogP contribution in [0.3, 0.4) is 0 Å². The second kappa shape index (κ2) is 7.03. The zero-order valence-electron chi connectivity index (χ0n) is 13.0. The summed E-state index contributed by atoms with van der Waals surface area (Å²) < 4.78 is 5.32. The molecule has 0 bridgehead atoms. The average molecular weight is 301 g/mol. The van der Waals surface area contributed by atoms with Crippen molar-refractivity contribution in [2.24, 2.45) is 5.92 Å². The molecule has 1 saturated carbocycles. The Hall–Kier alpha value is -1.72. The molecule has 1 fully saturated rings. The van der Waals surface area contributed by atoms with Crippen LogP contribution in [0.1, 0.15) is 36.5 Å². The molecule has 1 aliphatic carbocycles. The molecule has 118 valence electrons. The van der Waals surface area contributed by atoms with E-state index in [-0.39, 0.29) is 6.10 Å². The summed E-state index contributed by atoms with van der Waals surface area (Å²) in [5.41, 5.74) is 1.17. The summed E-state index contributed by atoms with van der Waals surface area (Å²) in [5, 5.41) is 14.0. The monoisotopic (exact) mass is 301 g/mol. The van der Waals surface area contributed by atoms with Gasteiger partial charge >= 0.3 is 0 Å². The molecule has 0 aliphatic heterocycles. The molecule has 3 rings (SSSR count). The van der Waals surface area contributed by atoms with Gasteiger partial charge in [-0.1, -0.05) is 41.9 Å². The maximum absolute atomic E-state index is 9.90. The molecule has 1 aromatic carbocycles. The van der Waals surface area contributed by atoms with Gasteiger partial charge in [0.15, 0.2) is 5.82 Å². The Morgan fingerprint density at radius 2 is 2.09 bits per heavy atom. The topological polar surface area (TPSA) is 62.4 Å². The number of benzene rings is 1. The van der Waals surface area contributed by atoms with E-state index in [0.29, 0.717) is 30.6 Å². The van der Waals surface area contributed by atoms with Gasteiger partial charge in [-0.25, -0.2) is 0 Å². The number of aliphatic hydroxyl groups excluding tert-OH is 1. The number of aliphatic hydroxyl groups is 1. The molecule has 0 spiro atoms. The van der Waals surface area contributed by atoms with Gasteiger partial charge in [0.2, 0.25) is 5.89 Å². The van der Waals surface area contributed by atoms with E-state index < -0.39 is 0 Å². The maximum atomic E-state index is 9.90. The van der Waals surface area contributed by atoms with Crippen molar-refractivity contribution in [3.05, 3.63) is 47.6 Å². The summed E-state index contributed by atoms with van der Waals surface area (Å²) in [6, 6.07) is 10.1. The molecule has 0 saturated heterocycles. The molecular formula is C17H23N3O2. The molecule has 2 aromatic rings. The Bertz CT molecular complexity index is 585. The van der Waals surface area contributed by atoms with Gasteiger partial charge in [-0.05, 0) is 31.4 Å². The minimum Gasteiger partial charge on any atom is -0.393 e. The molecular weight excluding hydrogens is 278 g/mol. The van der Waals surface area contributed by atoms with E-state index in [0.717, 1.165) is 25.8 Å². The lowest BCUT2D eigenvalue weighted by Crippen LogP contribution is -2.29. The smallest absolute Gasteiger partial charge is 0.231 e. The van der Waals surface area contributed by atoms with E-state index in [1.165, 1.54) is 5.56 Å². The molecule has 5 heteroatoms. The second-order valence-electron chi connectivity index (χ2n) is 6.22. The van der Waals surface area contributed by atoms with E-state index in [4.69, 9.17) is 4.52 Å². The SMILES string of the molecule is CN(Cc1noc(Cc2ccccc2)n1)CC1CCCC1O. The summed E-state index contributed by atoms with van der Waals surface area (Å²) in [5.74, 6) is 1.73. The van der Waals surface area contributed by atoms with Crippen molar-refractivity contribution >= 4 is 0 Å². The molecule has 0 radical (unpaired) electrons. The van der Waals surface area contributed by atoms with Crippen molar-refractivity contribution < 1.29 is 9.63 Å². The third-order valence-electron chi connectivity index (χ3n) is 4.28. The Kier molecular flexibility index (Phi) is 4.85. The zero-order valence-corrected chi connectivity index (χ0v) is 13.0. The third-order valence-corrected chi connectivity index (χ3v) is 4.28. The molecule has 0 amide bonds. The summed E-state index contributed by atoms with van der Waals surface area (Å²) >= 11 is 0. The van der Waals surface area contributed by atoms with Crippen LogP contribution in [-0.2, 0) is 13.0 Å². The second-order valence-corrected chi connectivity index (χ2v) is 6.22. The molecule has 2 unspecified atom stereocenters. The highest BCUT2D eigenvalue weighted by atomic mass is 16.5. The normalized spacial score (nSPS) is 21.6. The van der Waals surface area contributed by atoms with Gasteiger partial charge in [-0.15, -0.1) is 0 Å². The zero-order chi connectivity index (χ0) is 15.4. The van der Waals surface area contributed by atoms with Gasteiger partial charge < -0.3 is 9.63 Å². The standard InChI is InChI=1S/C17H23N3O2/c1-20(11-14-8-5-9-15(14)21)12-16-18-17(22-19-16)10-13-6-3-2-4-7-13/h2-4,6-7,14-15,21H,5,8-12H2,1H3. The Balaban J connectivity index is 1.52. The number of nitrogens with zero attached hydrogens (tertiary/aromatic N) is 3. The first-order valence-corrected chi connectivity index (χ1v) is 7.92. The van der Waals surface area contributed by atoms with E-state index >= 15 is 0 Å². The van der Waals surface area contributed by atoms with E-state index in [9.17, 15) is 5.11 Å². The first kappa shape index (κ1) is 15.2. The fourth-order valence-corrected chi connectivity index (χ4v) is 3.13. The fraction of sp³-hybridized carbons (Fsp3) is 0.529. The van der Waals surface area contributed by atoms with Gasteiger partial charge in [-0.2, -0.15) is 4.98 Å². The summed E-state index contributed by atoms with van der Waals surface area (Å²) in [6.45, 7) is 1.53. The van der Waals surface area contributed by atoms with Crippen LogP contribution in [0.2, 0.25) is 0 Å². The molecule has 2 atom stereocenters. The summed E-state index contributed by atoms with van der Waals surface area (Å²) in [4.78, 5) is 6.62. The van der Waals surface area contributed by atoms with Crippen molar-refractivity contribution in [2.75, 3.05) is 13.6 Å². The molecule has 5 nitrogen and oxygen atoms in total. The Morgan fingerprint density at radius 3 is 2.82 bits per heavy atom. The van der Waals surface area contributed by atoms with Crippen molar-refractivity contribution in [3.8, 4) is 0 Å². The van der Waals surface area contributed by atoms with Crippen LogP contribution in [0.15, 0.2) is 34.9 Å². The van der Waals surface area contributed by atoms with E-state index in [2.05, 4.69) is 27.2 Å². The Morgan fingerprint density at radius 1 is 1.27 bits per heavy atom. The van der Waals surface area contributed by atoms with Crippen molar-refractivity contribution in [1.29, 1.82) is 0 Å². The number of aromatic nitrogens is 2. The van der Waals surface area contributed by atoms with Gasteiger partial charge in [-0.3, -0.25) is 4.90 Å². The molecule has 1 aliphatic rings. The lowest BCUT2D eigenvalue weighted by molar-refractivity contribution is 0.107. The van der Waals surface area contributed by atoms with Gasteiger partial charge in [0, 0.05) is 6.54 Å². The van der Waals surface area contributed by atoms with Crippen LogP contribution in [0.5, 0.6) is 0 Å². The lowest BCUT2D eigenvalue weighted by Gasteiger charge is -2.21. The van der Waals surface area contributed by atoms with Gasteiger partial charge in [0.25, 0.3) is 0 Å². The highest BCUT2D eigenvalue weighted by molar-refractivity contribution is 5.17. The van der Waals surface area contributed by atoms with E-state index in [1.807, 2.05) is 25.2 Å². The molecule has 22 heavy (non-hydrogen) atoms. The van der Waals surface area contributed by atoms with E-state index in [1.54, 1.807) is 0 Å². The maximum Gasteiger partial charge on any atom is 0.231 e. The average Bonchev–Trinajstić information content (AvgIpc) is 3.10. The summed E-state index contributed by atoms with van der Waals surface area (Å²) in [6.07, 6.45) is 3.68. The van der Waals surface area contributed by atoms with Crippen LogP contribution < -0.4 is 0 Å². The van der Waals surface area contributed by atoms with Crippen LogP contribution in [0.4, 0.5) is 0 Å². The minimum absolute atomic E-state index is 0.152. The summed E-state index contributed by atoms with van der Waals surface area (Å²) in [7, 11) is 2.04. The van der Waals surface area contributed by atoms with Crippen molar-refractivity contribution in [1.82, 2.24) is 15.0 Å². The third kappa shape index (κ3) is 3.93. The minimum atomic E-state index is -0.152. The largest absolute Gasteiger partial charge is 0.393 e. The number of rotatable bonds is 6.